The van der Waals surface area contributed by atoms with Crippen LogP contribution < -0.4 is 11.2 Å². The summed E-state index contributed by atoms with van der Waals surface area (Å²) >= 11 is 1.25. The van der Waals surface area contributed by atoms with Crippen molar-refractivity contribution in [2.75, 3.05) is 78.6 Å². The SMILES string of the molecule is Cc1cn(C2CC(O)[C@@H](CO)S2)c(=O)n(Cn2cc(-c3ccc(C(C(=O)O)N4CCCN(CC(=O)O)CCN(CC(=O)O)CCN(CC(=O)O)CC4)cc3)nn2)c1=O. The van der Waals surface area contributed by atoms with Crippen molar-refractivity contribution in [1.82, 2.24) is 43.7 Å². The third-order valence-electron chi connectivity index (χ3n) is 10.2. The third kappa shape index (κ3) is 11.6. The second-order valence-electron chi connectivity index (χ2n) is 14.4. The van der Waals surface area contributed by atoms with Gasteiger partial charge < -0.3 is 30.6 Å². The fourth-order valence-corrected chi connectivity index (χ4v) is 8.59. The number of aryl methyl sites for hydroxylation is 1. The smallest absolute Gasteiger partial charge is 0.333 e. The number of carboxylic acid groups (broad SMARTS) is 4. The summed E-state index contributed by atoms with van der Waals surface area (Å²) in [4.78, 5) is 81.0. The lowest BCUT2D eigenvalue weighted by Gasteiger charge is -2.32. The summed E-state index contributed by atoms with van der Waals surface area (Å²) in [6, 6.07) is 5.41. The quantitative estimate of drug-likeness (QED) is 0.107. The van der Waals surface area contributed by atoms with E-state index in [1.54, 1.807) is 50.8 Å². The highest BCUT2D eigenvalue weighted by atomic mass is 32.2. The lowest BCUT2D eigenvalue weighted by Crippen LogP contribution is -2.45. The van der Waals surface area contributed by atoms with Crippen LogP contribution in [0.5, 0.6) is 0 Å². The highest BCUT2D eigenvalue weighted by Gasteiger charge is 2.35. The van der Waals surface area contributed by atoms with Gasteiger partial charge in [-0.2, -0.15) is 0 Å². The Morgan fingerprint density at radius 3 is 1.91 bits per heavy atom. The highest BCUT2D eigenvalue weighted by Crippen LogP contribution is 2.40. The van der Waals surface area contributed by atoms with Crippen molar-refractivity contribution >= 4 is 35.6 Å². The fraction of sp³-hybridized carbons (Fsp3) is 0.556. The van der Waals surface area contributed by atoms with E-state index in [1.165, 1.54) is 33.4 Å². The van der Waals surface area contributed by atoms with Crippen LogP contribution in [0.15, 0.2) is 46.2 Å². The summed E-state index contributed by atoms with van der Waals surface area (Å²) in [7, 11) is 0. The van der Waals surface area contributed by atoms with Crippen LogP contribution >= 0.6 is 11.8 Å². The molecule has 6 N–H and O–H groups in total. The molecule has 316 valence electrons. The predicted molar refractivity (Wildman–Crippen MR) is 207 cm³/mol. The Labute approximate surface area is 336 Å². The van der Waals surface area contributed by atoms with Gasteiger partial charge in [0.15, 0.2) is 0 Å². The molecule has 2 aromatic heterocycles. The van der Waals surface area contributed by atoms with Crippen molar-refractivity contribution in [1.29, 1.82) is 0 Å². The summed E-state index contributed by atoms with van der Waals surface area (Å²) in [5.41, 5.74) is 0.515. The van der Waals surface area contributed by atoms with Crippen LogP contribution in [0.1, 0.15) is 35.4 Å². The number of aliphatic hydroxyl groups excluding tert-OH is 2. The van der Waals surface area contributed by atoms with Gasteiger partial charge in [-0.25, -0.2) is 14.0 Å². The molecule has 2 aliphatic heterocycles. The molecular formula is C36H49N9O12S. The van der Waals surface area contributed by atoms with Gasteiger partial charge in [-0.15, -0.1) is 16.9 Å². The average Bonchev–Trinajstić information content (AvgIpc) is 3.79. The van der Waals surface area contributed by atoms with Gasteiger partial charge in [-0.05, 0) is 18.9 Å². The summed E-state index contributed by atoms with van der Waals surface area (Å²) in [6.45, 7) is 1.78. The van der Waals surface area contributed by atoms with E-state index in [2.05, 4.69) is 10.3 Å². The maximum absolute atomic E-state index is 13.5. The molecule has 5 rings (SSSR count). The third-order valence-corrected chi connectivity index (χ3v) is 11.7. The largest absolute Gasteiger partial charge is 0.480 e. The minimum atomic E-state index is -1.17. The number of nitrogens with zero attached hydrogens (tertiary/aromatic N) is 9. The van der Waals surface area contributed by atoms with E-state index in [9.17, 15) is 59.4 Å². The molecule has 0 bridgehead atoms. The number of hydrogen-bond acceptors (Lipinski definition) is 15. The molecule has 1 aromatic carbocycles. The van der Waals surface area contributed by atoms with Crippen LogP contribution in [-0.4, -0.2) is 188 Å². The number of aliphatic hydroxyl groups is 2. The van der Waals surface area contributed by atoms with Gasteiger partial charge >= 0.3 is 29.6 Å². The maximum Gasteiger partial charge on any atom is 0.333 e. The number of aliphatic carboxylic acids is 4. The first-order valence-corrected chi connectivity index (χ1v) is 19.6. The molecule has 3 unspecified atom stereocenters. The zero-order chi connectivity index (χ0) is 42.1. The van der Waals surface area contributed by atoms with Crippen molar-refractivity contribution in [3.8, 4) is 11.3 Å². The monoisotopic (exact) mass is 831 g/mol. The van der Waals surface area contributed by atoms with Crippen LogP contribution in [0.4, 0.5) is 0 Å². The van der Waals surface area contributed by atoms with Crippen LogP contribution in [0.25, 0.3) is 11.3 Å². The molecule has 4 atom stereocenters. The molecule has 3 aromatic rings. The molecule has 0 aliphatic carbocycles. The summed E-state index contributed by atoms with van der Waals surface area (Å²) < 4.78 is 3.71. The van der Waals surface area contributed by atoms with Gasteiger partial charge in [0.25, 0.3) is 5.56 Å². The summed E-state index contributed by atoms with van der Waals surface area (Å²) in [5.74, 6) is -4.39. The van der Waals surface area contributed by atoms with Crippen molar-refractivity contribution in [2.45, 2.75) is 49.2 Å². The number of rotatable bonds is 14. The van der Waals surface area contributed by atoms with E-state index in [1.807, 2.05) is 0 Å². The second-order valence-corrected chi connectivity index (χ2v) is 15.8. The number of benzene rings is 1. The van der Waals surface area contributed by atoms with Crippen LogP contribution in [-0.2, 0) is 25.8 Å². The summed E-state index contributed by atoms with van der Waals surface area (Å²) in [5, 5.41) is 66.3. The first-order valence-electron chi connectivity index (χ1n) is 18.7. The Morgan fingerprint density at radius 2 is 1.38 bits per heavy atom. The van der Waals surface area contributed by atoms with Gasteiger partial charge in [0, 0.05) is 76.1 Å². The standard InChI is InChI=1S/C36H49N9O12S/c1-23-16-44(29-15-27(47)28(21-46)58-29)36(57)45(34(23)54)22-43-17-26(37-38-43)24-3-5-25(6-4-24)33(35(55)56)42-8-2-7-39(18-30(48)49)9-10-40(19-31(50)51)11-12-41(13-14-42)20-32(52)53/h3-6,16-17,27-29,33,46-47H,2,7-15,18-22H2,1H3,(H,48,49)(H,50,51)(H,52,53)(H,55,56)/t27?,28-,29?,33?/m1/s1. The van der Waals surface area contributed by atoms with E-state index in [4.69, 9.17) is 0 Å². The van der Waals surface area contributed by atoms with Crippen molar-refractivity contribution in [3.63, 3.8) is 0 Å². The van der Waals surface area contributed by atoms with E-state index >= 15 is 0 Å². The number of thioether (sulfide) groups is 1. The van der Waals surface area contributed by atoms with Crippen LogP contribution in [0.2, 0.25) is 0 Å². The number of aromatic nitrogens is 5. The average molecular weight is 832 g/mol. The molecule has 0 radical (unpaired) electrons. The van der Waals surface area contributed by atoms with Gasteiger partial charge in [-0.3, -0.25) is 48.1 Å². The number of carbonyl (C=O) groups is 4. The van der Waals surface area contributed by atoms with Crippen molar-refractivity contribution in [3.05, 3.63) is 68.6 Å². The first kappa shape index (κ1) is 44.1. The Bertz CT molecular complexity index is 2040. The zero-order valence-electron chi connectivity index (χ0n) is 31.9. The van der Waals surface area contributed by atoms with Gasteiger partial charge in [0.2, 0.25) is 0 Å². The van der Waals surface area contributed by atoms with E-state index in [0.29, 0.717) is 35.3 Å². The topological polar surface area (TPSA) is 277 Å². The highest BCUT2D eigenvalue weighted by molar-refractivity contribution is 8.00. The first-order chi connectivity index (χ1) is 27.6. The lowest BCUT2D eigenvalue weighted by molar-refractivity contribution is -0.144. The lowest BCUT2D eigenvalue weighted by atomic mass is 10.0. The minimum absolute atomic E-state index is 0.139. The molecule has 2 aliphatic rings. The molecular weight excluding hydrogens is 783 g/mol. The molecule has 58 heavy (non-hydrogen) atoms. The molecule has 0 amide bonds. The number of hydrogen-bond donors (Lipinski definition) is 6. The summed E-state index contributed by atoms with van der Waals surface area (Å²) in [6.07, 6.45) is 2.77. The minimum Gasteiger partial charge on any atom is -0.480 e. The normalized spacial score (nSPS) is 21.5. The Morgan fingerprint density at radius 1 is 0.810 bits per heavy atom. The Kier molecular flexibility index (Phi) is 15.3. The van der Waals surface area contributed by atoms with E-state index < -0.39 is 57.9 Å². The van der Waals surface area contributed by atoms with E-state index in [-0.39, 0.29) is 85.1 Å². The molecule has 22 heteroatoms. The van der Waals surface area contributed by atoms with Crippen molar-refractivity contribution in [2.24, 2.45) is 0 Å². The number of carboxylic acids is 4. The molecule has 2 saturated heterocycles. The predicted octanol–water partition coefficient (Wildman–Crippen LogP) is -1.57. The maximum atomic E-state index is 13.5. The van der Waals surface area contributed by atoms with Gasteiger partial charge in [0.1, 0.15) is 18.4 Å². The van der Waals surface area contributed by atoms with Crippen LogP contribution in [0, 0.1) is 6.92 Å². The van der Waals surface area contributed by atoms with Crippen LogP contribution in [0.3, 0.4) is 0 Å². The van der Waals surface area contributed by atoms with Gasteiger partial charge in [0.05, 0.1) is 49.2 Å². The van der Waals surface area contributed by atoms with Crippen molar-refractivity contribution < 1.29 is 49.8 Å². The fourth-order valence-electron chi connectivity index (χ4n) is 7.22. The second kappa shape index (κ2) is 20.1. The molecule has 0 saturated carbocycles. The molecule has 4 heterocycles. The van der Waals surface area contributed by atoms with Gasteiger partial charge in [-0.1, -0.05) is 29.5 Å². The zero-order valence-corrected chi connectivity index (χ0v) is 32.8. The molecule has 2 fully saturated rings. The molecule has 21 nitrogen and oxygen atoms in total. The molecule has 0 spiro atoms. The van der Waals surface area contributed by atoms with E-state index in [0.717, 1.165) is 4.57 Å². The Balaban J connectivity index is 1.35. The Hall–Kier alpha value is -4.97.